The van der Waals surface area contributed by atoms with Crippen LogP contribution in [0.1, 0.15) is 43.9 Å². The third-order valence-corrected chi connectivity index (χ3v) is 3.82. The smallest absolute Gasteiger partial charge is 0.327 e. The molecule has 0 aliphatic carbocycles. The number of carbonyl (C=O) groups is 1. The molecular weight excluding hydrogens is 266 g/mol. The molecule has 0 saturated carbocycles. The summed E-state index contributed by atoms with van der Waals surface area (Å²) in [6.45, 7) is 5.84. The summed E-state index contributed by atoms with van der Waals surface area (Å²) in [7, 11) is 0. The third kappa shape index (κ3) is 4.55. The van der Waals surface area contributed by atoms with E-state index in [0.29, 0.717) is 13.2 Å². The molecule has 1 aliphatic heterocycles. The third-order valence-electron chi connectivity index (χ3n) is 3.82. The topological polar surface area (TPSA) is 47.6 Å². The second kappa shape index (κ2) is 8.15. The molecule has 4 nitrogen and oxygen atoms in total. The van der Waals surface area contributed by atoms with Gasteiger partial charge in [-0.1, -0.05) is 31.2 Å². The number of carbonyl (C=O) groups excluding carboxylic acids is 1. The molecule has 1 aromatic carbocycles. The van der Waals surface area contributed by atoms with Crippen LogP contribution in [0.4, 0.5) is 0 Å². The first-order chi connectivity index (χ1) is 10.2. The first kappa shape index (κ1) is 16.0. The first-order valence-electron chi connectivity index (χ1n) is 7.85. The molecule has 0 spiro atoms. The van der Waals surface area contributed by atoms with Gasteiger partial charge in [-0.05, 0) is 37.3 Å². The molecule has 0 aromatic heterocycles. The number of ether oxygens (including phenoxy) is 2. The van der Waals surface area contributed by atoms with Crippen LogP contribution in [0.3, 0.4) is 0 Å². The van der Waals surface area contributed by atoms with Gasteiger partial charge in [0.1, 0.15) is 6.04 Å². The Morgan fingerprint density at radius 1 is 1.38 bits per heavy atom. The summed E-state index contributed by atoms with van der Waals surface area (Å²) in [4.78, 5) is 12.2. The van der Waals surface area contributed by atoms with Crippen molar-refractivity contribution in [1.29, 1.82) is 0 Å². The fourth-order valence-electron chi connectivity index (χ4n) is 2.56. The number of aryl methyl sites for hydroxylation is 1. The van der Waals surface area contributed by atoms with Gasteiger partial charge in [-0.3, -0.25) is 5.32 Å². The van der Waals surface area contributed by atoms with Gasteiger partial charge in [0.2, 0.25) is 0 Å². The molecule has 1 aromatic rings. The summed E-state index contributed by atoms with van der Waals surface area (Å²) >= 11 is 0. The van der Waals surface area contributed by atoms with Gasteiger partial charge in [0, 0.05) is 13.2 Å². The number of hydrogen-bond donors (Lipinski definition) is 1. The second-order valence-electron chi connectivity index (χ2n) is 5.32. The number of nitrogens with one attached hydrogen (secondary N) is 1. The number of benzene rings is 1. The lowest BCUT2D eigenvalue weighted by molar-refractivity contribution is -0.146. The SMILES string of the molecule is CCOC(=O)C(NCC1CCCO1)c1ccc(CC)cc1. The maximum atomic E-state index is 12.2. The zero-order chi connectivity index (χ0) is 15.1. The molecular formula is C17H25NO3. The average molecular weight is 291 g/mol. The lowest BCUT2D eigenvalue weighted by Crippen LogP contribution is -2.35. The molecule has 1 saturated heterocycles. The van der Waals surface area contributed by atoms with Crippen molar-refractivity contribution in [3.05, 3.63) is 35.4 Å². The largest absolute Gasteiger partial charge is 0.465 e. The molecule has 1 aliphatic rings. The van der Waals surface area contributed by atoms with Gasteiger partial charge in [-0.2, -0.15) is 0 Å². The number of hydrogen-bond acceptors (Lipinski definition) is 4. The Kier molecular flexibility index (Phi) is 6.21. The van der Waals surface area contributed by atoms with Gasteiger partial charge in [0.05, 0.1) is 12.7 Å². The highest BCUT2D eigenvalue weighted by molar-refractivity contribution is 5.77. The van der Waals surface area contributed by atoms with Crippen LogP contribution in [-0.2, 0) is 20.7 Å². The van der Waals surface area contributed by atoms with E-state index in [0.717, 1.165) is 31.4 Å². The lowest BCUT2D eigenvalue weighted by atomic mass is 10.0. The van der Waals surface area contributed by atoms with E-state index in [4.69, 9.17) is 9.47 Å². The predicted octanol–water partition coefficient (Wildman–Crippen LogP) is 2.62. The van der Waals surface area contributed by atoms with Crippen molar-refractivity contribution in [3.63, 3.8) is 0 Å². The highest BCUT2D eigenvalue weighted by Gasteiger charge is 2.24. The standard InChI is InChI=1S/C17H25NO3/c1-3-13-7-9-14(10-8-13)16(17(19)20-4-2)18-12-15-6-5-11-21-15/h7-10,15-16,18H,3-6,11-12H2,1-2H3. The van der Waals surface area contributed by atoms with Crippen molar-refractivity contribution >= 4 is 5.97 Å². The fraction of sp³-hybridized carbons (Fsp3) is 0.588. The Morgan fingerprint density at radius 2 is 2.14 bits per heavy atom. The fourth-order valence-corrected chi connectivity index (χ4v) is 2.56. The Hall–Kier alpha value is -1.39. The van der Waals surface area contributed by atoms with Gasteiger partial charge < -0.3 is 9.47 Å². The predicted molar refractivity (Wildman–Crippen MR) is 82.2 cm³/mol. The highest BCUT2D eigenvalue weighted by atomic mass is 16.5. The van der Waals surface area contributed by atoms with Crippen LogP contribution in [-0.4, -0.2) is 31.8 Å². The maximum absolute atomic E-state index is 12.2. The minimum Gasteiger partial charge on any atom is -0.465 e. The summed E-state index contributed by atoms with van der Waals surface area (Å²) in [5.41, 5.74) is 2.21. The average Bonchev–Trinajstić information content (AvgIpc) is 3.02. The van der Waals surface area contributed by atoms with Crippen molar-refractivity contribution in [3.8, 4) is 0 Å². The summed E-state index contributed by atoms with van der Waals surface area (Å²) in [5.74, 6) is -0.222. The molecule has 21 heavy (non-hydrogen) atoms. The van der Waals surface area contributed by atoms with Crippen molar-refractivity contribution in [1.82, 2.24) is 5.32 Å². The van der Waals surface area contributed by atoms with E-state index in [-0.39, 0.29) is 12.1 Å². The molecule has 1 heterocycles. The zero-order valence-corrected chi connectivity index (χ0v) is 12.9. The number of rotatable bonds is 7. The maximum Gasteiger partial charge on any atom is 0.327 e. The monoisotopic (exact) mass is 291 g/mol. The van der Waals surface area contributed by atoms with Crippen molar-refractivity contribution < 1.29 is 14.3 Å². The van der Waals surface area contributed by atoms with Crippen LogP contribution < -0.4 is 5.32 Å². The molecule has 1 N–H and O–H groups in total. The number of esters is 1. The summed E-state index contributed by atoms with van der Waals surface area (Å²) in [6, 6.07) is 7.72. The first-order valence-corrected chi connectivity index (χ1v) is 7.85. The summed E-state index contributed by atoms with van der Waals surface area (Å²) in [5, 5.41) is 3.30. The zero-order valence-electron chi connectivity index (χ0n) is 12.9. The Bertz CT molecular complexity index is 438. The van der Waals surface area contributed by atoms with E-state index in [2.05, 4.69) is 24.4 Å². The molecule has 2 unspecified atom stereocenters. The molecule has 0 amide bonds. The molecule has 0 radical (unpaired) electrons. The molecule has 0 bridgehead atoms. The van der Waals surface area contributed by atoms with E-state index in [1.165, 1.54) is 5.56 Å². The molecule has 1 fully saturated rings. The second-order valence-corrected chi connectivity index (χ2v) is 5.32. The van der Waals surface area contributed by atoms with Crippen LogP contribution in [0.15, 0.2) is 24.3 Å². The van der Waals surface area contributed by atoms with Gasteiger partial charge in [0.25, 0.3) is 0 Å². The molecule has 2 atom stereocenters. The van der Waals surface area contributed by atoms with Gasteiger partial charge in [0.15, 0.2) is 0 Å². The van der Waals surface area contributed by atoms with Crippen LogP contribution in [0.2, 0.25) is 0 Å². The summed E-state index contributed by atoms with van der Waals surface area (Å²) < 4.78 is 10.8. The molecule has 4 heteroatoms. The van der Waals surface area contributed by atoms with Crippen LogP contribution >= 0.6 is 0 Å². The Labute approximate surface area is 126 Å². The van der Waals surface area contributed by atoms with E-state index in [9.17, 15) is 4.79 Å². The Balaban J connectivity index is 2.04. The molecule has 116 valence electrons. The quantitative estimate of drug-likeness (QED) is 0.785. The van der Waals surface area contributed by atoms with E-state index in [1.807, 2.05) is 19.1 Å². The lowest BCUT2D eigenvalue weighted by Gasteiger charge is -2.20. The Morgan fingerprint density at radius 3 is 2.71 bits per heavy atom. The van der Waals surface area contributed by atoms with E-state index < -0.39 is 6.04 Å². The van der Waals surface area contributed by atoms with E-state index >= 15 is 0 Å². The minimum absolute atomic E-state index is 0.205. The minimum atomic E-state index is -0.417. The summed E-state index contributed by atoms with van der Waals surface area (Å²) in [6.07, 6.45) is 3.35. The van der Waals surface area contributed by atoms with Crippen molar-refractivity contribution in [2.24, 2.45) is 0 Å². The van der Waals surface area contributed by atoms with Gasteiger partial charge >= 0.3 is 5.97 Å². The van der Waals surface area contributed by atoms with Crippen molar-refractivity contribution in [2.75, 3.05) is 19.8 Å². The van der Waals surface area contributed by atoms with Crippen LogP contribution in [0.5, 0.6) is 0 Å². The van der Waals surface area contributed by atoms with Crippen LogP contribution in [0, 0.1) is 0 Å². The molecule has 2 rings (SSSR count). The van der Waals surface area contributed by atoms with Crippen LogP contribution in [0.25, 0.3) is 0 Å². The van der Waals surface area contributed by atoms with Gasteiger partial charge in [-0.15, -0.1) is 0 Å². The highest BCUT2D eigenvalue weighted by Crippen LogP contribution is 2.18. The normalized spacial score (nSPS) is 19.4. The van der Waals surface area contributed by atoms with Gasteiger partial charge in [-0.25, -0.2) is 4.79 Å². The van der Waals surface area contributed by atoms with Crippen molar-refractivity contribution in [2.45, 2.75) is 45.3 Å². The van der Waals surface area contributed by atoms with E-state index in [1.54, 1.807) is 0 Å².